The molecule has 4 aromatic rings. The highest BCUT2D eigenvalue weighted by Gasteiger charge is 2.10. The van der Waals surface area contributed by atoms with Gasteiger partial charge in [0.15, 0.2) is 0 Å². The number of aromatic nitrogens is 1. The van der Waals surface area contributed by atoms with Crippen LogP contribution >= 0.6 is 0 Å². The molecule has 50 heavy (non-hydrogen) atoms. The summed E-state index contributed by atoms with van der Waals surface area (Å²) < 4.78 is 0. The molecule has 4 rings (SSSR count). The van der Waals surface area contributed by atoms with Gasteiger partial charge in [-0.3, -0.25) is 9.78 Å². The Hall–Kier alpha value is -4.50. The lowest BCUT2D eigenvalue weighted by molar-refractivity contribution is -0.121. The van der Waals surface area contributed by atoms with Crippen molar-refractivity contribution in [2.75, 3.05) is 0 Å². The van der Waals surface area contributed by atoms with Crippen molar-refractivity contribution in [1.82, 2.24) is 4.98 Å². The average molecular weight is 678 g/mol. The molecule has 0 radical (unpaired) electrons. The zero-order valence-electron chi connectivity index (χ0n) is 33.4. The highest BCUT2D eigenvalue weighted by atomic mass is 16.3. The number of Topliss-reactive ketones (excluding diaryl/α,β-unsaturated/α-hetero) is 1. The molecular formula is C47H67NO2. The fourth-order valence-corrected chi connectivity index (χ4v) is 3.57. The Morgan fingerprint density at radius 1 is 0.740 bits per heavy atom. The van der Waals surface area contributed by atoms with E-state index in [0.717, 1.165) is 24.0 Å². The molecule has 272 valence electrons. The first-order valence-corrected chi connectivity index (χ1v) is 17.8. The molecule has 0 aliphatic rings. The van der Waals surface area contributed by atoms with Crippen LogP contribution in [0.15, 0.2) is 128 Å². The third-order valence-electron chi connectivity index (χ3n) is 7.50. The van der Waals surface area contributed by atoms with Crippen molar-refractivity contribution in [3.63, 3.8) is 0 Å². The lowest BCUT2D eigenvalue weighted by Crippen LogP contribution is -2.12. The number of benzene rings is 3. The molecule has 0 amide bonds. The SMILES string of the molecule is C=C(C)CC.C=C(O)c1ccc(C)cc1.CCC(C)C(=O)Cc1ccc(C)cc1.CCC=C(C)C.Cc1ccccc1C.Cc1cccnc1. The number of hydrogen-bond donors (Lipinski definition) is 1. The molecule has 1 N–H and O–H groups in total. The fourth-order valence-electron chi connectivity index (χ4n) is 3.57. The predicted molar refractivity (Wildman–Crippen MR) is 222 cm³/mol. The topological polar surface area (TPSA) is 50.2 Å². The number of pyridine rings is 1. The van der Waals surface area contributed by atoms with Gasteiger partial charge in [0.25, 0.3) is 0 Å². The average Bonchev–Trinajstić information content (AvgIpc) is 3.08. The van der Waals surface area contributed by atoms with Crippen LogP contribution in [-0.2, 0) is 11.2 Å². The number of nitrogens with zero attached hydrogens (tertiary/aromatic N) is 1. The number of aliphatic hydroxyl groups excluding tert-OH is 1. The first kappa shape index (κ1) is 47.6. The van der Waals surface area contributed by atoms with Gasteiger partial charge in [-0.25, -0.2) is 0 Å². The first-order valence-electron chi connectivity index (χ1n) is 17.8. The van der Waals surface area contributed by atoms with E-state index in [4.69, 9.17) is 5.11 Å². The standard InChI is InChI=1S/C13H18O.C9H10O.C8H10.C6H7N.C6H12.C5H10/c1-4-11(3)13(14)9-12-7-5-10(2)6-8-12;1-7-3-5-9(6-4-7)8(2)10;1-7-5-3-4-6-8(7)2;1-6-3-2-4-7-5-6;1-4-5-6(2)3;1-4-5(2)3/h5-8,11H,4,9H2,1-3H3;3-6,10H,2H2,1H3;3-6H,1-2H3;2-5H,1H3;5H,4H2,1-3H3;2,4H2,1,3H3. The van der Waals surface area contributed by atoms with Crippen molar-refractivity contribution in [2.24, 2.45) is 5.92 Å². The van der Waals surface area contributed by atoms with Crippen molar-refractivity contribution in [1.29, 1.82) is 0 Å². The van der Waals surface area contributed by atoms with Crippen molar-refractivity contribution in [3.05, 3.63) is 167 Å². The van der Waals surface area contributed by atoms with Gasteiger partial charge in [-0.2, -0.15) is 0 Å². The number of aliphatic hydroxyl groups is 1. The maximum atomic E-state index is 11.6. The van der Waals surface area contributed by atoms with Crippen LogP contribution in [0.1, 0.15) is 107 Å². The van der Waals surface area contributed by atoms with Gasteiger partial charge in [0.05, 0.1) is 0 Å². The largest absolute Gasteiger partial charge is 0.508 e. The Morgan fingerprint density at radius 2 is 1.22 bits per heavy atom. The molecule has 3 nitrogen and oxygen atoms in total. The van der Waals surface area contributed by atoms with E-state index in [9.17, 15) is 4.79 Å². The van der Waals surface area contributed by atoms with Gasteiger partial charge in [-0.15, -0.1) is 6.58 Å². The van der Waals surface area contributed by atoms with Crippen LogP contribution in [0.3, 0.4) is 0 Å². The van der Waals surface area contributed by atoms with E-state index in [2.05, 4.69) is 116 Å². The second kappa shape index (κ2) is 29.4. The summed E-state index contributed by atoms with van der Waals surface area (Å²) >= 11 is 0. The number of aryl methyl sites for hydroxylation is 5. The number of rotatable bonds is 7. The van der Waals surface area contributed by atoms with Gasteiger partial charge < -0.3 is 5.11 Å². The maximum Gasteiger partial charge on any atom is 0.140 e. The molecule has 0 saturated carbocycles. The minimum Gasteiger partial charge on any atom is -0.508 e. The quantitative estimate of drug-likeness (QED) is 0.156. The molecule has 0 bridgehead atoms. The second-order valence-electron chi connectivity index (χ2n) is 12.9. The van der Waals surface area contributed by atoms with Gasteiger partial charge in [-0.05, 0) is 103 Å². The minimum absolute atomic E-state index is 0.125. The molecule has 0 fully saturated rings. The van der Waals surface area contributed by atoms with Crippen molar-refractivity contribution in [2.45, 2.75) is 109 Å². The van der Waals surface area contributed by atoms with Crippen LogP contribution in [0, 0.1) is 40.5 Å². The summed E-state index contributed by atoms with van der Waals surface area (Å²) in [5, 5.41) is 8.92. The third-order valence-corrected chi connectivity index (χ3v) is 7.50. The zero-order chi connectivity index (χ0) is 38.5. The lowest BCUT2D eigenvalue weighted by Gasteiger charge is -2.07. The van der Waals surface area contributed by atoms with E-state index in [-0.39, 0.29) is 11.7 Å². The Bertz CT molecular complexity index is 1470. The monoisotopic (exact) mass is 678 g/mol. The van der Waals surface area contributed by atoms with Gasteiger partial charge in [-0.1, -0.05) is 141 Å². The van der Waals surface area contributed by atoms with Crippen LogP contribution in [0.5, 0.6) is 0 Å². The van der Waals surface area contributed by atoms with Crippen molar-refractivity contribution >= 4 is 11.5 Å². The fraction of sp³-hybridized carbons (Fsp3) is 0.362. The molecule has 3 aromatic carbocycles. The number of hydrogen-bond acceptors (Lipinski definition) is 3. The van der Waals surface area contributed by atoms with Crippen LogP contribution in [0.2, 0.25) is 0 Å². The summed E-state index contributed by atoms with van der Waals surface area (Å²) in [7, 11) is 0. The number of carbonyl (C=O) groups excluding carboxylic acids is 1. The molecular weight excluding hydrogens is 611 g/mol. The van der Waals surface area contributed by atoms with Crippen molar-refractivity contribution < 1.29 is 9.90 Å². The Kier molecular flexibility index (Phi) is 28.0. The van der Waals surface area contributed by atoms with E-state index < -0.39 is 0 Å². The summed E-state index contributed by atoms with van der Waals surface area (Å²) in [5.41, 5.74) is 11.0. The van der Waals surface area contributed by atoms with Gasteiger partial charge in [0, 0.05) is 30.3 Å². The van der Waals surface area contributed by atoms with E-state index in [1.165, 1.54) is 45.4 Å². The molecule has 0 aliphatic heterocycles. The van der Waals surface area contributed by atoms with Crippen LogP contribution in [-0.4, -0.2) is 15.9 Å². The summed E-state index contributed by atoms with van der Waals surface area (Å²) in [6, 6.07) is 28.1. The van der Waals surface area contributed by atoms with Gasteiger partial charge in [0.1, 0.15) is 11.5 Å². The molecule has 1 aromatic heterocycles. The van der Waals surface area contributed by atoms with Crippen LogP contribution in [0.4, 0.5) is 0 Å². The number of ketones is 1. The molecule has 3 heteroatoms. The van der Waals surface area contributed by atoms with E-state index >= 15 is 0 Å². The normalized spacial score (nSPS) is 9.76. The van der Waals surface area contributed by atoms with Gasteiger partial charge in [0.2, 0.25) is 0 Å². The van der Waals surface area contributed by atoms with Crippen LogP contribution in [0.25, 0.3) is 5.76 Å². The maximum absolute atomic E-state index is 11.6. The summed E-state index contributed by atoms with van der Waals surface area (Å²) in [4.78, 5) is 15.5. The molecule has 1 heterocycles. The highest BCUT2D eigenvalue weighted by molar-refractivity contribution is 5.82. The second-order valence-corrected chi connectivity index (χ2v) is 12.9. The van der Waals surface area contributed by atoms with E-state index in [1.807, 2.05) is 82.4 Å². The lowest BCUT2D eigenvalue weighted by atomic mass is 9.97. The summed E-state index contributed by atoms with van der Waals surface area (Å²) in [6.07, 6.45) is 9.61. The Labute approximate surface area is 306 Å². The smallest absolute Gasteiger partial charge is 0.140 e. The Morgan fingerprint density at radius 3 is 1.50 bits per heavy atom. The minimum atomic E-state index is 0.125. The molecule has 0 aliphatic carbocycles. The molecule has 0 saturated heterocycles. The van der Waals surface area contributed by atoms with E-state index in [1.54, 1.807) is 6.20 Å². The zero-order valence-corrected chi connectivity index (χ0v) is 33.4. The Balaban J connectivity index is 0. The summed E-state index contributed by atoms with van der Waals surface area (Å²) in [5.74, 6) is 0.660. The van der Waals surface area contributed by atoms with Crippen molar-refractivity contribution in [3.8, 4) is 0 Å². The molecule has 1 atom stereocenters. The highest BCUT2D eigenvalue weighted by Crippen LogP contribution is 2.10. The number of carbonyl (C=O) groups is 1. The number of allylic oxidation sites excluding steroid dienone is 3. The van der Waals surface area contributed by atoms with Gasteiger partial charge >= 0.3 is 0 Å². The summed E-state index contributed by atoms with van der Waals surface area (Å²) in [6.45, 7) is 32.0. The third kappa shape index (κ3) is 27.5. The predicted octanol–water partition coefficient (Wildman–Crippen LogP) is 13.7. The first-order chi connectivity index (χ1) is 23.6. The van der Waals surface area contributed by atoms with Crippen LogP contribution < -0.4 is 0 Å². The van der Waals surface area contributed by atoms with E-state index in [0.29, 0.717) is 12.2 Å². The molecule has 0 spiro atoms. The molecule has 1 unspecified atom stereocenters.